The van der Waals surface area contributed by atoms with E-state index in [-0.39, 0.29) is 35.3 Å². The van der Waals surface area contributed by atoms with Gasteiger partial charge in [-0.05, 0) is 24.8 Å². The number of carbonyl (C=O) groups excluding carboxylic acids is 4. The third kappa shape index (κ3) is 2.14. The molecule has 4 amide bonds. The molecule has 3 fully saturated rings. The van der Waals surface area contributed by atoms with Crippen molar-refractivity contribution >= 4 is 23.6 Å². The Kier molecular flexibility index (Phi) is 3.32. The lowest BCUT2D eigenvalue weighted by Crippen LogP contribution is -2.42. The Balaban J connectivity index is 1.67. The summed E-state index contributed by atoms with van der Waals surface area (Å²) in [5.41, 5.74) is 1.46. The highest BCUT2D eigenvalue weighted by Gasteiger charge is 2.58. The molecule has 138 valence electrons. The van der Waals surface area contributed by atoms with E-state index < -0.39 is 29.6 Å². The van der Waals surface area contributed by atoms with Gasteiger partial charge >= 0.3 is 0 Å². The van der Waals surface area contributed by atoms with E-state index in [2.05, 4.69) is 10.6 Å². The molecule has 1 aromatic carbocycles. The molecule has 1 aromatic rings. The number of rotatable bonds is 1. The molecule has 7 nitrogen and oxygen atoms in total. The molecule has 2 aliphatic carbocycles. The summed E-state index contributed by atoms with van der Waals surface area (Å²) in [7, 11) is 0. The molecule has 0 aromatic heterocycles. The Morgan fingerprint density at radius 2 is 1.48 bits per heavy atom. The number of carbonyl (C=O) groups is 4. The standard InChI is InChI=1S/C20H18N2O5/c23-13-4-2-1-3-9(13)14-8-5-6-10-15(19(26)21-17(10)24)11(8)7-12-16(14)20(27)22-18(12)25/h1-5,10-12,14-16,23H,6-7H2,(H,21,24,26)(H,22,25,27). The van der Waals surface area contributed by atoms with Gasteiger partial charge in [-0.15, -0.1) is 0 Å². The minimum Gasteiger partial charge on any atom is -0.508 e. The fourth-order valence-electron chi connectivity index (χ4n) is 5.51. The zero-order chi connectivity index (χ0) is 18.9. The second-order valence-electron chi connectivity index (χ2n) is 7.79. The average molecular weight is 366 g/mol. The summed E-state index contributed by atoms with van der Waals surface area (Å²) in [6.07, 6.45) is 2.72. The molecular weight excluding hydrogens is 348 g/mol. The van der Waals surface area contributed by atoms with E-state index in [4.69, 9.17) is 0 Å². The minimum absolute atomic E-state index is 0.0593. The Morgan fingerprint density at radius 1 is 0.815 bits per heavy atom. The maximum Gasteiger partial charge on any atom is 0.231 e. The van der Waals surface area contributed by atoms with Crippen molar-refractivity contribution < 1.29 is 24.3 Å². The van der Waals surface area contributed by atoms with Crippen LogP contribution in [-0.2, 0) is 19.2 Å². The molecule has 3 N–H and O–H groups in total. The van der Waals surface area contributed by atoms with Crippen molar-refractivity contribution in [2.75, 3.05) is 0 Å². The van der Waals surface area contributed by atoms with E-state index in [1.807, 2.05) is 6.08 Å². The molecule has 2 aliphatic heterocycles. The number of hydrogen-bond acceptors (Lipinski definition) is 5. The SMILES string of the molecule is O=C1NC(=O)C2C1CC=C1C2CC2C(=O)NC(=O)C2C1c1ccccc1O. The number of benzene rings is 1. The predicted octanol–water partition coefficient (Wildman–Crippen LogP) is 0.603. The number of imide groups is 2. The number of allylic oxidation sites excluding steroid dienone is 2. The van der Waals surface area contributed by atoms with Crippen LogP contribution >= 0.6 is 0 Å². The topological polar surface area (TPSA) is 113 Å². The van der Waals surface area contributed by atoms with Gasteiger partial charge in [0.2, 0.25) is 23.6 Å². The summed E-state index contributed by atoms with van der Waals surface area (Å²) in [4.78, 5) is 49.5. The van der Waals surface area contributed by atoms with Crippen molar-refractivity contribution in [1.29, 1.82) is 0 Å². The first kappa shape index (κ1) is 16.2. The lowest BCUT2D eigenvalue weighted by atomic mass is 9.57. The molecule has 7 heteroatoms. The van der Waals surface area contributed by atoms with Crippen LogP contribution in [0.2, 0.25) is 0 Å². The van der Waals surface area contributed by atoms with E-state index >= 15 is 0 Å². The van der Waals surface area contributed by atoms with Gasteiger partial charge in [-0.2, -0.15) is 0 Å². The molecule has 5 rings (SSSR count). The third-order valence-electron chi connectivity index (χ3n) is 6.61. The summed E-state index contributed by atoms with van der Waals surface area (Å²) < 4.78 is 0. The van der Waals surface area contributed by atoms with Crippen LogP contribution in [-0.4, -0.2) is 28.7 Å². The van der Waals surface area contributed by atoms with Gasteiger partial charge in [-0.1, -0.05) is 29.8 Å². The summed E-state index contributed by atoms with van der Waals surface area (Å²) in [5.74, 6) is -4.08. The van der Waals surface area contributed by atoms with Crippen molar-refractivity contribution in [3.8, 4) is 5.75 Å². The molecule has 6 atom stereocenters. The Bertz CT molecular complexity index is 936. The predicted molar refractivity (Wildman–Crippen MR) is 91.9 cm³/mol. The molecule has 2 saturated heterocycles. The smallest absolute Gasteiger partial charge is 0.231 e. The van der Waals surface area contributed by atoms with Gasteiger partial charge in [0, 0.05) is 11.5 Å². The zero-order valence-corrected chi connectivity index (χ0v) is 14.3. The highest BCUT2D eigenvalue weighted by Crippen LogP contribution is 2.56. The molecule has 4 aliphatic rings. The number of para-hydroxylation sites is 1. The van der Waals surface area contributed by atoms with E-state index in [0.29, 0.717) is 18.4 Å². The van der Waals surface area contributed by atoms with E-state index in [0.717, 1.165) is 5.57 Å². The van der Waals surface area contributed by atoms with Crippen LogP contribution < -0.4 is 10.6 Å². The van der Waals surface area contributed by atoms with Crippen LogP contribution in [0.1, 0.15) is 24.3 Å². The van der Waals surface area contributed by atoms with Crippen LogP contribution in [0.4, 0.5) is 0 Å². The van der Waals surface area contributed by atoms with E-state index in [1.54, 1.807) is 24.3 Å². The van der Waals surface area contributed by atoms with E-state index in [1.165, 1.54) is 0 Å². The summed E-state index contributed by atoms with van der Waals surface area (Å²) in [6, 6.07) is 6.79. The minimum atomic E-state index is -0.606. The monoisotopic (exact) mass is 366 g/mol. The van der Waals surface area contributed by atoms with Crippen LogP contribution in [0.5, 0.6) is 5.75 Å². The maximum absolute atomic E-state index is 12.6. The number of fused-ring (bicyclic) bond motifs is 4. The number of hydrogen-bond donors (Lipinski definition) is 3. The first-order valence-corrected chi connectivity index (χ1v) is 9.14. The van der Waals surface area contributed by atoms with Crippen LogP contribution in [0.25, 0.3) is 0 Å². The second kappa shape index (κ2) is 5.52. The van der Waals surface area contributed by atoms with Crippen LogP contribution in [0.15, 0.2) is 35.9 Å². The van der Waals surface area contributed by atoms with Gasteiger partial charge in [-0.25, -0.2) is 0 Å². The average Bonchev–Trinajstić information content (AvgIpc) is 3.09. The summed E-state index contributed by atoms with van der Waals surface area (Å²) in [6.45, 7) is 0. The lowest BCUT2D eigenvalue weighted by molar-refractivity contribution is -0.128. The second-order valence-corrected chi connectivity index (χ2v) is 7.79. The van der Waals surface area contributed by atoms with Gasteiger partial charge in [0.15, 0.2) is 0 Å². The highest BCUT2D eigenvalue weighted by atomic mass is 16.3. The molecule has 2 heterocycles. The van der Waals surface area contributed by atoms with E-state index in [9.17, 15) is 24.3 Å². The number of aromatic hydroxyl groups is 1. The maximum atomic E-state index is 12.6. The molecule has 0 spiro atoms. The van der Waals surface area contributed by atoms with Crippen molar-refractivity contribution in [3.05, 3.63) is 41.5 Å². The Hall–Kier alpha value is -2.96. The Labute approximate surface area is 154 Å². The molecule has 0 bridgehead atoms. The highest BCUT2D eigenvalue weighted by molar-refractivity contribution is 6.07. The van der Waals surface area contributed by atoms with Gasteiger partial charge in [-0.3, -0.25) is 29.8 Å². The van der Waals surface area contributed by atoms with Gasteiger partial charge in [0.1, 0.15) is 5.75 Å². The first-order valence-electron chi connectivity index (χ1n) is 9.14. The van der Waals surface area contributed by atoms with Gasteiger partial charge < -0.3 is 5.11 Å². The fourth-order valence-corrected chi connectivity index (χ4v) is 5.51. The Morgan fingerprint density at radius 3 is 2.22 bits per heavy atom. The summed E-state index contributed by atoms with van der Waals surface area (Å²) in [5, 5.41) is 15.3. The largest absolute Gasteiger partial charge is 0.508 e. The lowest BCUT2D eigenvalue weighted by Gasteiger charge is -2.44. The number of phenolic OH excluding ortho intramolecular Hbond substituents is 1. The molecule has 1 saturated carbocycles. The van der Waals surface area contributed by atoms with Crippen LogP contribution in [0.3, 0.4) is 0 Å². The molecule has 27 heavy (non-hydrogen) atoms. The zero-order valence-electron chi connectivity index (χ0n) is 14.3. The normalized spacial score (nSPS) is 37.1. The number of nitrogens with one attached hydrogen (secondary N) is 2. The van der Waals surface area contributed by atoms with Crippen molar-refractivity contribution in [3.63, 3.8) is 0 Å². The number of amides is 4. The van der Waals surface area contributed by atoms with Crippen molar-refractivity contribution in [2.45, 2.75) is 18.8 Å². The van der Waals surface area contributed by atoms with Gasteiger partial charge in [0.25, 0.3) is 0 Å². The molecule has 6 unspecified atom stereocenters. The van der Waals surface area contributed by atoms with Crippen LogP contribution in [0, 0.1) is 29.6 Å². The number of phenols is 1. The van der Waals surface area contributed by atoms with Crippen molar-refractivity contribution in [1.82, 2.24) is 10.6 Å². The molecular formula is C20H18N2O5. The summed E-state index contributed by atoms with van der Waals surface area (Å²) >= 11 is 0. The fraction of sp³-hybridized carbons (Fsp3) is 0.400. The van der Waals surface area contributed by atoms with Crippen molar-refractivity contribution in [2.24, 2.45) is 29.6 Å². The quantitative estimate of drug-likeness (QED) is 0.498. The molecule has 0 radical (unpaired) electrons. The first-order chi connectivity index (χ1) is 13.0. The van der Waals surface area contributed by atoms with Gasteiger partial charge in [0.05, 0.1) is 23.7 Å². The third-order valence-corrected chi connectivity index (χ3v) is 6.61.